The second-order valence-corrected chi connectivity index (χ2v) is 7.32. The number of ether oxygens (including phenoxy) is 1. The fourth-order valence-corrected chi connectivity index (χ4v) is 4.05. The number of piperidine rings is 1. The molecule has 1 amide bonds. The second kappa shape index (κ2) is 7.23. The number of carbonyl (C=O) groups is 2. The highest BCUT2D eigenvalue weighted by Crippen LogP contribution is 2.22. The molecule has 0 unspecified atom stereocenters. The van der Waals surface area contributed by atoms with Gasteiger partial charge in [0, 0.05) is 19.0 Å². The number of hydrogen-bond donors (Lipinski definition) is 1. The van der Waals surface area contributed by atoms with Crippen LogP contribution >= 0.6 is 0 Å². The molecule has 0 aromatic rings. The number of esters is 1. The van der Waals surface area contributed by atoms with Crippen molar-refractivity contribution in [2.24, 2.45) is 11.8 Å². The monoisotopic (exact) mass is 330 g/mol. The number of amides is 1. The molecule has 1 saturated heterocycles. The number of nitrogens with zero attached hydrogens (tertiary/aromatic N) is 1. The van der Waals surface area contributed by atoms with Crippen LogP contribution in [0.2, 0.25) is 0 Å². The molecule has 2 rings (SSSR count). The first kappa shape index (κ1) is 17.0. The summed E-state index contributed by atoms with van der Waals surface area (Å²) in [5.74, 6) is -1.31. The van der Waals surface area contributed by atoms with Crippen LogP contribution in [0.1, 0.15) is 32.1 Å². The molecule has 0 aromatic carbocycles. The highest BCUT2D eigenvalue weighted by atomic mass is 32.2. The van der Waals surface area contributed by atoms with Gasteiger partial charge >= 0.3 is 16.2 Å². The minimum Gasteiger partial charge on any atom is -0.469 e. The molecule has 1 N–H and O–H groups in total. The molecule has 1 aliphatic heterocycles. The summed E-state index contributed by atoms with van der Waals surface area (Å²) in [6.45, 7) is 0.430. The summed E-state index contributed by atoms with van der Waals surface area (Å²) in [4.78, 5) is 23.5. The third-order valence-corrected chi connectivity index (χ3v) is 5.70. The van der Waals surface area contributed by atoms with E-state index >= 15 is 0 Å². The summed E-state index contributed by atoms with van der Waals surface area (Å²) < 4.78 is 32.5. The van der Waals surface area contributed by atoms with Crippen molar-refractivity contribution in [3.05, 3.63) is 12.2 Å². The lowest BCUT2D eigenvalue weighted by atomic mass is 9.94. The minimum atomic E-state index is -3.83. The van der Waals surface area contributed by atoms with Gasteiger partial charge in [0.2, 0.25) is 5.91 Å². The Morgan fingerprint density at radius 2 is 1.82 bits per heavy atom. The van der Waals surface area contributed by atoms with Crippen molar-refractivity contribution in [1.82, 2.24) is 9.03 Å². The molecule has 1 heterocycles. The van der Waals surface area contributed by atoms with Crippen LogP contribution in [0.15, 0.2) is 12.2 Å². The Morgan fingerprint density at radius 3 is 2.36 bits per heavy atom. The SMILES string of the molecule is COC(=O)C1CCN(S(=O)(=O)NC(=O)[C@@H]2CC=CCC2)CC1. The molecule has 0 saturated carbocycles. The van der Waals surface area contributed by atoms with Gasteiger partial charge in [-0.05, 0) is 32.1 Å². The van der Waals surface area contributed by atoms with Gasteiger partial charge in [-0.15, -0.1) is 0 Å². The Morgan fingerprint density at radius 1 is 1.14 bits per heavy atom. The van der Waals surface area contributed by atoms with E-state index in [1.54, 1.807) is 0 Å². The van der Waals surface area contributed by atoms with E-state index in [9.17, 15) is 18.0 Å². The molecule has 1 fully saturated rings. The molecule has 22 heavy (non-hydrogen) atoms. The average molecular weight is 330 g/mol. The fraction of sp³-hybridized carbons (Fsp3) is 0.714. The number of rotatable bonds is 4. The van der Waals surface area contributed by atoms with Crippen molar-refractivity contribution < 1.29 is 22.7 Å². The average Bonchev–Trinajstić information content (AvgIpc) is 2.54. The van der Waals surface area contributed by atoms with Gasteiger partial charge in [-0.3, -0.25) is 9.59 Å². The van der Waals surface area contributed by atoms with E-state index in [1.165, 1.54) is 11.4 Å². The molecule has 1 atom stereocenters. The summed E-state index contributed by atoms with van der Waals surface area (Å²) in [5, 5.41) is 0. The van der Waals surface area contributed by atoms with Gasteiger partial charge in [-0.25, -0.2) is 4.72 Å². The third-order valence-electron chi connectivity index (χ3n) is 4.20. The Labute approximate surface area is 130 Å². The zero-order valence-electron chi connectivity index (χ0n) is 12.7. The van der Waals surface area contributed by atoms with Crippen LogP contribution in [0, 0.1) is 11.8 Å². The molecule has 0 aromatic heterocycles. The molecular weight excluding hydrogens is 308 g/mol. The maximum atomic E-state index is 12.2. The third kappa shape index (κ3) is 4.07. The molecular formula is C14H22N2O5S. The molecule has 0 bridgehead atoms. The number of hydrogen-bond acceptors (Lipinski definition) is 5. The molecule has 0 spiro atoms. The van der Waals surface area contributed by atoms with Crippen LogP contribution in [0.25, 0.3) is 0 Å². The number of allylic oxidation sites excluding steroid dienone is 2. The van der Waals surface area contributed by atoms with Crippen LogP contribution in [0.3, 0.4) is 0 Å². The van der Waals surface area contributed by atoms with Gasteiger partial charge in [0.05, 0.1) is 13.0 Å². The second-order valence-electron chi connectivity index (χ2n) is 5.65. The van der Waals surface area contributed by atoms with Gasteiger partial charge in [0.1, 0.15) is 0 Å². The lowest BCUT2D eigenvalue weighted by molar-refractivity contribution is -0.146. The largest absolute Gasteiger partial charge is 0.469 e. The van der Waals surface area contributed by atoms with Crippen molar-refractivity contribution in [3.63, 3.8) is 0 Å². The molecule has 8 heteroatoms. The van der Waals surface area contributed by atoms with E-state index in [-0.39, 0.29) is 30.9 Å². The van der Waals surface area contributed by atoms with E-state index in [2.05, 4.69) is 9.46 Å². The smallest absolute Gasteiger partial charge is 0.308 e. The van der Waals surface area contributed by atoms with Crippen molar-refractivity contribution in [1.29, 1.82) is 0 Å². The predicted octanol–water partition coefficient (Wildman–Crippen LogP) is 0.589. The van der Waals surface area contributed by atoms with E-state index < -0.39 is 16.1 Å². The predicted molar refractivity (Wildman–Crippen MR) is 79.9 cm³/mol. The first-order valence-electron chi connectivity index (χ1n) is 7.48. The van der Waals surface area contributed by atoms with E-state index in [4.69, 9.17) is 0 Å². The lowest BCUT2D eigenvalue weighted by Gasteiger charge is -2.30. The molecule has 1 aliphatic carbocycles. The van der Waals surface area contributed by atoms with Crippen LogP contribution in [0.4, 0.5) is 0 Å². The molecule has 7 nitrogen and oxygen atoms in total. The normalized spacial score (nSPS) is 24.0. The molecule has 124 valence electrons. The maximum absolute atomic E-state index is 12.2. The maximum Gasteiger partial charge on any atom is 0.308 e. The molecule has 0 radical (unpaired) electrons. The lowest BCUT2D eigenvalue weighted by Crippen LogP contribution is -2.49. The summed E-state index contributed by atoms with van der Waals surface area (Å²) in [5.41, 5.74) is 0. The van der Waals surface area contributed by atoms with Crippen LogP contribution in [-0.4, -0.2) is 44.8 Å². The zero-order chi connectivity index (χ0) is 16.2. The zero-order valence-corrected chi connectivity index (χ0v) is 13.5. The first-order chi connectivity index (χ1) is 10.4. The van der Waals surface area contributed by atoms with Gasteiger partial charge in [0.15, 0.2) is 0 Å². The topological polar surface area (TPSA) is 92.8 Å². The van der Waals surface area contributed by atoms with E-state index in [0.717, 1.165) is 6.42 Å². The van der Waals surface area contributed by atoms with Crippen molar-refractivity contribution in [2.45, 2.75) is 32.1 Å². The standard InChI is InChI=1S/C14H22N2O5S/c1-21-14(18)12-7-9-16(10-8-12)22(19,20)15-13(17)11-5-3-2-4-6-11/h2-3,11-12H,4-10H2,1H3,(H,15,17)/t11-/m1/s1. The highest BCUT2D eigenvalue weighted by Gasteiger charge is 2.33. The summed E-state index contributed by atoms with van der Waals surface area (Å²) >= 11 is 0. The number of nitrogens with one attached hydrogen (secondary N) is 1. The van der Waals surface area contributed by atoms with Gasteiger partial charge in [-0.1, -0.05) is 12.2 Å². The summed E-state index contributed by atoms with van der Waals surface area (Å²) in [7, 11) is -2.51. The van der Waals surface area contributed by atoms with Crippen LogP contribution in [-0.2, 0) is 24.5 Å². The first-order valence-corrected chi connectivity index (χ1v) is 8.92. The van der Waals surface area contributed by atoms with Crippen molar-refractivity contribution in [3.8, 4) is 0 Å². The Hall–Kier alpha value is -1.41. The van der Waals surface area contributed by atoms with E-state index in [0.29, 0.717) is 25.7 Å². The summed E-state index contributed by atoms with van der Waals surface area (Å²) in [6, 6.07) is 0. The van der Waals surface area contributed by atoms with Gasteiger partial charge < -0.3 is 4.74 Å². The van der Waals surface area contributed by atoms with E-state index in [1.807, 2.05) is 12.2 Å². The van der Waals surface area contributed by atoms with Crippen LogP contribution in [0.5, 0.6) is 0 Å². The van der Waals surface area contributed by atoms with Crippen LogP contribution < -0.4 is 4.72 Å². The Balaban J connectivity index is 1.90. The highest BCUT2D eigenvalue weighted by molar-refractivity contribution is 7.87. The number of carbonyl (C=O) groups excluding carboxylic acids is 2. The van der Waals surface area contributed by atoms with Crippen molar-refractivity contribution in [2.75, 3.05) is 20.2 Å². The Kier molecular flexibility index (Phi) is 5.57. The molecule has 2 aliphatic rings. The Bertz CT molecular complexity index is 550. The van der Waals surface area contributed by atoms with Gasteiger partial charge in [-0.2, -0.15) is 12.7 Å². The van der Waals surface area contributed by atoms with Gasteiger partial charge in [0.25, 0.3) is 0 Å². The number of methoxy groups -OCH3 is 1. The summed E-state index contributed by atoms with van der Waals surface area (Å²) in [6.07, 6.45) is 6.76. The minimum absolute atomic E-state index is 0.215. The van der Waals surface area contributed by atoms with Crippen molar-refractivity contribution >= 4 is 22.1 Å². The fourth-order valence-electron chi connectivity index (χ4n) is 2.81. The quantitative estimate of drug-likeness (QED) is 0.601.